The third-order valence-corrected chi connectivity index (χ3v) is 2.01. The van der Waals surface area contributed by atoms with Gasteiger partial charge in [0.2, 0.25) is 11.8 Å². The fraction of sp³-hybridized carbons (Fsp3) is 0.545. The van der Waals surface area contributed by atoms with Gasteiger partial charge in [-0.1, -0.05) is 25.1 Å². The second-order valence-corrected chi connectivity index (χ2v) is 3.79. The normalized spacial score (nSPS) is 10.4. The summed E-state index contributed by atoms with van der Waals surface area (Å²) in [4.78, 5) is 15.5. The minimum absolute atomic E-state index is 0.0378. The fourth-order valence-electron chi connectivity index (χ4n) is 1.10. The molecule has 0 atom stereocenters. The molecule has 88 valence electrons. The van der Waals surface area contributed by atoms with Crippen LogP contribution in [0, 0.1) is 0 Å². The lowest BCUT2D eigenvalue weighted by Crippen LogP contribution is -2.23. The largest absolute Gasteiger partial charge is 0.353 e. The molecule has 5 heteroatoms. The van der Waals surface area contributed by atoms with Crippen molar-refractivity contribution in [1.29, 1.82) is 0 Å². The first-order valence-electron chi connectivity index (χ1n) is 5.33. The van der Waals surface area contributed by atoms with Gasteiger partial charge in [0.05, 0.1) is 0 Å². The highest BCUT2D eigenvalue weighted by Crippen LogP contribution is 2.10. The molecular formula is C11H17N3O2. The maximum atomic E-state index is 11.3. The number of nitrogens with one attached hydrogen (secondary N) is 1. The number of hydrogen-bond acceptors (Lipinski definition) is 4. The Morgan fingerprint density at radius 2 is 2.38 bits per heavy atom. The molecule has 0 radical (unpaired) electrons. The van der Waals surface area contributed by atoms with Crippen LogP contribution in [0.2, 0.25) is 0 Å². The van der Waals surface area contributed by atoms with Crippen LogP contribution >= 0.6 is 0 Å². The lowest BCUT2D eigenvalue weighted by Gasteiger charge is -1.98. The Labute approximate surface area is 94.9 Å². The Bertz CT molecular complexity index is 358. The van der Waals surface area contributed by atoms with Gasteiger partial charge in [0, 0.05) is 25.3 Å². The molecule has 0 saturated heterocycles. The minimum Gasteiger partial charge on any atom is -0.353 e. The topological polar surface area (TPSA) is 68.0 Å². The van der Waals surface area contributed by atoms with Gasteiger partial charge in [0.1, 0.15) is 0 Å². The Hall–Kier alpha value is -1.65. The average Bonchev–Trinajstić information content (AvgIpc) is 2.72. The van der Waals surface area contributed by atoms with Crippen molar-refractivity contribution < 1.29 is 9.32 Å². The number of carbonyl (C=O) groups is 1. The molecule has 0 aliphatic carbocycles. The smallest absolute Gasteiger partial charge is 0.227 e. The molecule has 0 fully saturated rings. The van der Waals surface area contributed by atoms with Gasteiger partial charge in [0.25, 0.3) is 0 Å². The molecule has 0 spiro atoms. The van der Waals surface area contributed by atoms with Gasteiger partial charge in [-0.15, -0.1) is 6.58 Å². The van der Waals surface area contributed by atoms with E-state index in [0.717, 1.165) is 0 Å². The molecule has 0 aliphatic rings. The Kier molecular flexibility index (Phi) is 4.69. The molecule has 0 unspecified atom stereocenters. The molecule has 5 nitrogen and oxygen atoms in total. The number of aromatic nitrogens is 2. The second kappa shape index (κ2) is 6.05. The summed E-state index contributed by atoms with van der Waals surface area (Å²) in [6.07, 6.45) is 2.47. The van der Waals surface area contributed by atoms with Crippen LogP contribution in [0.25, 0.3) is 0 Å². The van der Waals surface area contributed by atoms with Crippen molar-refractivity contribution >= 4 is 5.91 Å². The number of amides is 1. The molecule has 0 aromatic carbocycles. The van der Waals surface area contributed by atoms with E-state index in [2.05, 4.69) is 22.0 Å². The maximum absolute atomic E-state index is 11.3. The lowest BCUT2D eigenvalue weighted by molar-refractivity contribution is -0.120. The molecule has 1 aromatic heterocycles. The highest BCUT2D eigenvalue weighted by molar-refractivity contribution is 5.76. The summed E-state index contributed by atoms with van der Waals surface area (Å²) in [5, 5.41) is 6.51. The van der Waals surface area contributed by atoms with Crippen molar-refractivity contribution in [2.45, 2.75) is 32.6 Å². The van der Waals surface area contributed by atoms with E-state index in [4.69, 9.17) is 4.52 Å². The molecule has 1 amide bonds. The van der Waals surface area contributed by atoms with Crippen LogP contribution in [0.15, 0.2) is 17.2 Å². The third-order valence-electron chi connectivity index (χ3n) is 2.01. The van der Waals surface area contributed by atoms with Crippen LogP contribution in [0.5, 0.6) is 0 Å². The van der Waals surface area contributed by atoms with E-state index in [0.29, 0.717) is 31.1 Å². The van der Waals surface area contributed by atoms with Crippen LogP contribution in [0.4, 0.5) is 0 Å². The van der Waals surface area contributed by atoms with Gasteiger partial charge >= 0.3 is 0 Å². The van der Waals surface area contributed by atoms with E-state index in [1.807, 2.05) is 13.8 Å². The number of rotatable bonds is 6. The van der Waals surface area contributed by atoms with Crippen LogP contribution in [0.3, 0.4) is 0 Å². The zero-order valence-corrected chi connectivity index (χ0v) is 9.69. The van der Waals surface area contributed by atoms with Crippen molar-refractivity contribution in [3.63, 3.8) is 0 Å². The zero-order chi connectivity index (χ0) is 12.0. The minimum atomic E-state index is -0.0378. The number of nitrogens with zero attached hydrogens (tertiary/aromatic N) is 2. The van der Waals surface area contributed by atoms with E-state index in [9.17, 15) is 4.79 Å². The zero-order valence-electron chi connectivity index (χ0n) is 9.69. The van der Waals surface area contributed by atoms with Crippen molar-refractivity contribution in [3.8, 4) is 0 Å². The van der Waals surface area contributed by atoms with E-state index < -0.39 is 0 Å². The lowest BCUT2D eigenvalue weighted by atomic mass is 10.2. The first kappa shape index (κ1) is 12.4. The molecule has 16 heavy (non-hydrogen) atoms. The van der Waals surface area contributed by atoms with Crippen LogP contribution in [-0.2, 0) is 11.2 Å². The highest BCUT2D eigenvalue weighted by Gasteiger charge is 2.10. The number of carbonyl (C=O) groups excluding carboxylic acids is 1. The molecular weight excluding hydrogens is 206 g/mol. The summed E-state index contributed by atoms with van der Waals surface area (Å²) in [6, 6.07) is 0. The summed E-state index contributed by atoms with van der Waals surface area (Å²) >= 11 is 0. The van der Waals surface area contributed by atoms with Crippen molar-refractivity contribution in [2.75, 3.05) is 6.54 Å². The first-order valence-corrected chi connectivity index (χ1v) is 5.33. The molecule has 1 rings (SSSR count). The quantitative estimate of drug-likeness (QED) is 0.741. The molecule has 0 saturated carbocycles. The van der Waals surface area contributed by atoms with Gasteiger partial charge in [-0.3, -0.25) is 4.79 Å². The van der Waals surface area contributed by atoms with Gasteiger partial charge < -0.3 is 9.84 Å². The van der Waals surface area contributed by atoms with E-state index in [-0.39, 0.29) is 11.8 Å². The van der Waals surface area contributed by atoms with Gasteiger partial charge in [-0.25, -0.2) is 0 Å². The fourth-order valence-corrected chi connectivity index (χ4v) is 1.10. The monoisotopic (exact) mass is 223 g/mol. The van der Waals surface area contributed by atoms with Crippen LogP contribution < -0.4 is 5.32 Å². The third kappa shape index (κ3) is 3.84. The predicted molar refractivity (Wildman–Crippen MR) is 59.9 cm³/mol. The van der Waals surface area contributed by atoms with Gasteiger partial charge in [-0.2, -0.15) is 4.98 Å². The second-order valence-electron chi connectivity index (χ2n) is 3.79. The van der Waals surface area contributed by atoms with Crippen LogP contribution in [-0.4, -0.2) is 22.6 Å². The highest BCUT2D eigenvalue weighted by atomic mass is 16.5. The maximum Gasteiger partial charge on any atom is 0.227 e. The standard InChI is InChI=1S/C11H17N3O2/c1-4-7-12-9(15)5-6-10-13-11(8(2)3)14-16-10/h4,8H,1,5-7H2,2-3H3,(H,12,15). The average molecular weight is 223 g/mol. The first-order chi connectivity index (χ1) is 7.63. The SMILES string of the molecule is C=CCNC(=O)CCc1nc(C(C)C)no1. The van der Waals surface area contributed by atoms with Gasteiger partial charge in [-0.05, 0) is 0 Å². The Morgan fingerprint density at radius 1 is 1.62 bits per heavy atom. The Morgan fingerprint density at radius 3 is 2.94 bits per heavy atom. The van der Waals surface area contributed by atoms with Crippen LogP contribution in [0.1, 0.15) is 37.9 Å². The van der Waals surface area contributed by atoms with Crippen molar-refractivity contribution in [3.05, 3.63) is 24.4 Å². The molecule has 0 aliphatic heterocycles. The Balaban J connectivity index is 2.36. The summed E-state index contributed by atoms with van der Waals surface area (Å²) in [5.74, 6) is 1.40. The molecule has 0 bridgehead atoms. The van der Waals surface area contributed by atoms with E-state index >= 15 is 0 Å². The van der Waals surface area contributed by atoms with E-state index in [1.165, 1.54) is 0 Å². The molecule has 1 heterocycles. The summed E-state index contributed by atoms with van der Waals surface area (Å²) in [6.45, 7) is 7.99. The van der Waals surface area contributed by atoms with Gasteiger partial charge in [0.15, 0.2) is 5.82 Å². The number of aryl methyl sites for hydroxylation is 1. The summed E-state index contributed by atoms with van der Waals surface area (Å²) in [5.41, 5.74) is 0. The summed E-state index contributed by atoms with van der Waals surface area (Å²) < 4.78 is 5.02. The predicted octanol–water partition coefficient (Wildman–Crippen LogP) is 1.43. The van der Waals surface area contributed by atoms with E-state index in [1.54, 1.807) is 6.08 Å². The molecule has 1 N–H and O–H groups in total. The van der Waals surface area contributed by atoms with Crippen molar-refractivity contribution in [1.82, 2.24) is 15.5 Å². The summed E-state index contributed by atoms with van der Waals surface area (Å²) in [7, 11) is 0. The van der Waals surface area contributed by atoms with Crippen molar-refractivity contribution in [2.24, 2.45) is 0 Å². The molecule has 1 aromatic rings. The number of hydrogen-bond donors (Lipinski definition) is 1.